The van der Waals surface area contributed by atoms with E-state index in [9.17, 15) is 19.5 Å². The topological polar surface area (TPSA) is 99.6 Å². The first-order chi connectivity index (χ1) is 20.6. The van der Waals surface area contributed by atoms with E-state index < -0.39 is 41.0 Å². The van der Waals surface area contributed by atoms with Crippen LogP contribution < -0.4 is 14.5 Å². The highest BCUT2D eigenvalue weighted by atomic mass is 35.5. The summed E-state index contributed by atoms with van der Waals surface area (Å²) in [6, 6.07) is 10.9. The molecule has 1 spiro atoms. The average molecular weight is 606 g/mol. The van der Waals surface area contributed by atoms with E-state index >= 15 is 0 Å². The van der Waals surface area contributed by atoms with E-state index in [2.05, 4.69) is 0 Å². The summed E-state index contributed by atoms with van der Waals surface area (Å²) in [5.74, 6) is -2.27. The van der Waals surface area contributed by atoms with Crippen LogP contribution >= 0.6 is 11.6 Å². The number of likely N-dealkylation sites (tertiary alicyclic amines) is 1. The zero-order valence-electron chi connectivity index (χ0n) is 24.7. The van der Waals surface area contributed by atoms with E-state index in [-0.39, 0.29) is 25.0 Å². The van der Waals surface area contributed by atoms with Gasteiger partial charge in [-0.25, -0.2) is 0 Å². The molecule has 0 aromatic heterocycles. The van der Waals surface area contributed by atoms with Gasteiger partial charge >= 0.3 is 0 Å². The van der Waals surface area contributed by atoms with Crippen LogP contribution in [0, 0.1) is 18.8 Å². The van der Waals surface area contributed by atoms with Gasteiger partial charge in [0.05, 0.1) is 47.4 Å². The number of aliphatic hydroxyl groups is 1. The Hall–Kier alpha value is -3.66. The van der Waals surface area contributed by atoms with E-state index in [1.54, 1.807) is 28.9 Å². The minimum atomic E-state index is -1.44. The monoisotopic (exact) mass is 605 g/mol. The Bertz CT molecular complexity index is 1500. The van der Waals surface area contributed by atoms with E-state index in [4.69, 9.17) is 21.1 Å². The number of carbonyl (C=O) groups excluding carboxylic acids is 3. The smallest absolute Gasteiger partial charge is 0.253 e. The summed E-state index contributed by atoms with van der Waals surface area (Å²) in [4.78, 5) is 48.3. The molecule has 2 saturated heterocycles. The second-order valence-electron chi connectivity index (χ2n) is 11.8. The number of rotatable bonds is 6. The minimum Gasteiger partial charge on any atom is -0.494 e. The number of aryl methyl sites for hydroxylation is 1. The van der Waals surface area contributed by atoms with Crippen molar-refractivity contribution in [3.05, 3.63) is 77.4 Å². The molecule has 1 N–H and O–H groups in total. The number of fused-ring (bicyclic) bond motifs is 2. The molecule has 3 amide bonds. The molecule has 9 nitrogen and oxygen atoms in total. The zero-order chi connectivity index (χ0) is 30.7. The molecule has 0 radical (unpaired) electrons. The van der Waals surface area contributed by atoms with Crippen molar-refractivity contribution in [2.24, 2.45) is 11.8 Å². The second kappa shape index (κ2) is 10.8. The van der Waals surface area contributed by atoms with Crippen LogP contribution in [-0.4, -0.2) is 77.3 Å². The van der Waals surface area contributed by atoms with Crippen LogP contribution in [0.4, 0.5) is 11.4 Å². The molecule has 10 heteroatoms. The van der Waals surface area contributed by atoms with Crippen molar-refractivity contribution in [2.75, 3.05) is 36.1 Å². The summed E-state index contributed by atoms with van der Waals surface area (Å²) < 4.78 is 12.5. The van der Waals surface area contributed by atoms with E-state index in [1.807, 2.05) is 75.4 Å². The van der Waals surface area contributed by atoms with Gasteiger partial charge in [-0.05, 0) is 63.6 Å². The predicted octanol–water partition coefficient (Wildman–Crippen LogP) is 3.90. The van der Waals surface area contributed by atoms with Gasteiger partial charge in [-0.3, -0.25) is 14.4 Å². The van der Waals surface area contributed by atoms with Crippen LogP contribution in [0.3, 0.4) is 0 Å². The van der Waals surface area contributed by atoms with E-state index in [0.29, 0.717) is 35.3 Å². The number of anilines is 2. The molecule has 43 heavy (non-hydrogen) atoms. The van der Waals surface area contributed by atoms with Crippen molar-refractivity contribution in [1.82, 2.24) is 4.90 Å². The number of hydrogen-bond donors (Lipinski definition) is 1. The first kappa shape index (κ1) is 29.4. The standard InChI is InChI=1S/C33H36ClN3O6/c1-5-42-23-13-11-22(12-14-23)35-17-7-15-32(4)25(29(35)39)26-30(40)37(21(3)19-38)28-31(41)36(18-8-16-33(26,28)43-32)27-20(2)9-6-10-24(27)34/h6-16,21,25-26,28,38H,5,17-19H2,1-4H3/t21-,25+,26+,28?,32-,33+/m1/s1. The number of ether oxygens (including phenoxy) is 2. The van der Waals surface area contributed by atoms with Gasteiger partial charge in [0.1, 0.15) is 17.4 Å². The Morgan fingerprint density at radius 1 is 1.00 bits per heavy atom. The van der Waals surface area contributed by atoms with Gasteiger partial charge in [0.25, 0.3) is 5.91 Å². The molecule has 0 aliphatic carbocycles. The van der Waals surface area contributed by atoms with Gasteiger partial charge in [-0.15, -0.1) is 0 Å². The van der Waals surface area contributed by atoms with Crippen LogP contribution in [-0.2, 0) is 19.1 Å². The number of amides is 3. The average Bonchev–Trinajstić information content (AvgIpc) is 3.26. The largest absolute Gasteiger partial charge is 0.494 e. The third-order valence-electron chi connectivity index (χ3n) is 9.15. The van der Waals surface area contributed by atoms with Gasteiger partial charge in [0.15, 0.2) is 0 Å². The molecule has 4 heterocycles. The number of halogens is 1. The first-order valence-electron chi connectivity index (χ1n) is 14.7. The molecular formula is C33H36ClN3O6. The van der Waals surface area contributed by atoms with Gasteiger partial charge < -0.3 is 29.3 Å². The van der Waals surface area contributed by atoms with Crippen molar-refractivity contribution >= 4 is 40.7 Å². The predicted molar refractivity (Wildman–Crippen MR) is 163 cm³/mol. The lowest BCUT2D eigenvalue weighted by atomic mass is 9.74. The Balaban J connectivity index is 1.46. The van der Waals surface area contributed by atoms with E-state index in [1.165, 1.54) is 4.90 Å². The SMILES string of the molecule is CCOc1ccc(N2CC=C[C@@]3(C)O[C@]45C=CCN(c6c(C)cccc6Cl)C(=O)C4N([C@H](C)CO)C(=O)[C@@H]5[C@H]3C2=O)cc1. The summed E-state index contributed by atoms with van der Waals surface area (Å²) in [7, 11) is 0. The third kappa shape index (κ3) is 4.39. The lowest BCUT2D eigenvalue weighted by molar-refractivity contribution is -0.147. The Kier molecular flexibility index (Phi) is 7.39. The van der Waals surface area contributed by atoms with Crippen LogP contribution in [0.15, 0.2) is 66.8 Å². The molecular weight excluding hydrogens is 570 g/mol. The number of nitrogens with zero attached hydrogens (tertiary/aromatic N) is 3. The van der Waals surface area contributed by atoms with E-state index in [0.717, 1.165) is 5.56 Å². The van der Waals surface area contributed by atoms with Gasteiger partial charge in [0.2, 0.25) is 11.8 Å². The molecule has 2 aromatic carbocycles. The van der Waals surface area contributed by atoms with Crippen molar-refractivity contribution in [1.29, 1.82) is 0 Å². The van der Waals surface area contributed by atoms with Gasteiger partial charge in [0, 0.05) is 18.8 Å². The normalized spacial score (nSPS) is 30.6. The highest BCUT2D eigenvalue weighted by Crippen LogP contribution is 2.58. The first-order valence-corrected chi connectivity index (χ1v) is 15.0. The lowest BCUT2D eigenvalue weighted by Crippen LogP contribution is -2.58. The molecule has 6 atom stereocenters. The molecule has 2 fully saturated rings. The van der Waals surface area contributed by atoms with Crippen molar-refractivity contribution in [2.45, 2.75) is 51.0 Å². The lowest BCUT2D eigenvalue weighted by Gasteiger charge is -2.39. The number of carbonyl (C=O) groups is 3. The molecule has 4 aliphatic heterocycles. The Morgan fingerprint density at radius 2 is 1.70 bits per heavy atom. The highest BCUT2D eigenvalue weighted by Gasteiger charge is 2.75. The van der Waals surface area contributed by atoms with Crippen LogP contribution in [0.25, 0.3) is 0 Å². The Morgan fingerprint density at radius 3 is 2.37 bits per heavy atom. The van der Waals surface area contributed by atoms with Crippen molar-refractivity contribution < 1.29 is 29.0 Å². The number of hydrogen-bond acceptors (Lipinski definition) is 6. The molecule has 1 unspecified atom stereocenters. The molecule has 2 aromatic rings. The quantitative estimate of drug-likeness (QED) is 0.502. The molecule has 0 bridgehead atoms. The summed E-state index contributed by atoms with van der Waals surface area (Å²) in [6.45, 7) is 7.95. The maximum absolute atomic E-state index is 14.6. The summed E-state index contributed by atoms with van der Waals surface area (Å²) in [5, 5.41) is 10.6. The second-order valence-corrected chi connectivity index (χ2v) is 12.2. The minimum absolute atomic E-state index is 0.205. The molecule has 0 saturated carbocycles. The fourth-order valence-corrected chi connectivity index (χ4v) is 7.63. The molecule has 6 rings (SSSR count). The zero-order valence-corrected chi connectivity index (χ0v) is 25.5. The van der Waals surface area contributed by atoms with Gasteiger partial charge in [-0.2, -0.15) is 0 Å². The fourth-order valence-electron chi connectivity index (χ4n) is 7.31. The summed E-state index contributed by atoms with van der Waals surface area (Å²) >= 11 is 6.61. The highest BCUT2D eigenvalue weighted by molar-refractivity contribution is 6.34. The fraction of sp³-hybridized carbons (Fsp3) is 0.424. The van der Waals surface area contributed by atoms with Crippen LogP contribution in [0.5, 0.6) is 5.75 Å². The van der Waals surface area contributed by atoms with Crippen molar-refractivity contribution in [3.63, 3.8) is 0 Å². The third-order valence-corrected chi connectivity index (χ3v) is 9.46. The number of para-hydroxylation sites is 1. The van der Waals surface area contributed by atoms with Crippen molar-refractivity contribution in [3.8, 4) is 5.75 Å². The molecule has 226 valence electrons. The number of benzene rings is 2. The molecule has 4 aliphatic rings. The maximum Gasteiger partial charge on any atom is 0.253 e. The van der Waals surface area contributed by atoms with Crippen LogP contribution in [0.2, 0.25) is 5.02 Å². The maximum atomic E-state index is 14.6. The summed E-state index contributed by atoms with van der Waals surface area (Å²) in [6.07, 6.45) is 7.33. The number of aliphatic hydroxyl groups excluding tert-OH is 1. The van der Waals surface area contributed by atoms with Crippen LogP contribution in [0.1, 0.15) is 26.3 Å². The van der Waals surface area contributed by atoms with Gasteiger partial charge in [-0.1, -0.05) is 48.0 Å². The Labute approximate surface area is 256 Å². The summed E-state index contributed by atoms with van der Waals surface area (Å²) in [5.41, 5.74) is -0.577.